The molecule has 8 rings (SSSR count). The van der Waals surface area contributed by atoms with Gasteiger partial charge in [0, 0.05) is 22.6 Å². The first-order chi connectivity index (χ1) is 17.3. The average molecular weight is 647 g/mol. The summed E-state index contributed by atoms with van der Waals surface area (Å²) in [6, 6.07) is 33.0. The second kappa shape index (κ2) is 11.8. The Labute approximate surface area is 265 Å². The Morgan fingerprint density at radius 1 is 0.744 bits per heavy atom. The number of benzene rings is 3. The van der Waals surface area contributed by atoms with Gasteiger partial charge in [-0.05, 0) is 50.1 Å². The molecule has 0 amide bonds. The zero-order valence-electron chi connectivity index (χ0n) is 23.4. The molecule has 1 unspecified atom stereocenters. The van der Waals surface area contributed by atoms with E-state index >= 15 is 0 Å². The van der Waals surface area contributed by atoms with Gasteiger partial charge < -0.3 is 29.4 Å². The summed E-state index contributed by atoms with van der Waals surface area (Å²) in [6.07, 6.45) is 0. The van der Waals surface area contributed by atoms with Crippen LogP contribution in [-0.2, 0) is 26.2 Å². The number of nitrogens with zero attached hydrogens (tertiary/aromatic N) is 1. The Morgan fingerprint density at radius 2 is 1.41 bits per heavy atom. The predicted molar refractivity (Wildman–Crippen MR) is 158 cm³/mol. The number of aryl methyl sites for hydroxylation is 3. The fraction of sp³-hybridized carbons (Fsp3) is 0.206. The van der Waals surface area contributed by atoms with E-state index in [9.17, 15) is 0 Å². The van der Waals surface area contributed by atoms with Crippen molar-refractivity contribution in [3.05, 3.63) is 125 Å². The molecule has 2 aliphatic heterocycles. The van der Waals surface area contributed by atoms with E-state index in [1.165, 1.54) is 44.4 Å². The molecule has 39 heavy (non-hydrogen) atoms. The molecule has 5 aromatic rings. The van der Waals surface area contributed by atoms with Crippen molar-refractivity contribution >= 4 is 24.0 Å². The zero-order valence-corrected chi connectivity index (χ0v) is 28.4. The number of halogens is 2. The summed E-state index contributed by atoms with van der Waals surface area (Å²) in [4.78, 5) is 0. The maximum absolute atomic E-state index is 2.52. The van der Waals surface area contributed by atoms with Crippen LogP contribution in [0, 0.1) is 20.8 Å². The Bertz CT molecular complexity index is 1640. The predicted octanol–water partition coefficient (Wildman–Crippen LogP) is 3.30. The fourth-order valence-electron chi connectivity index (χ4n) is 6.80. The van der Waals surface area contributed by atoms with Gasteiger partial charge in [-0.25, -0.2) is 0 Å². The van der Waals surface area contributed by atoms with Crippen LogP contribution in [0.5, 0.6) is 0 Å². The van der Waals surface area contributed by atoms with E-state index in [2.05, 4.69) is 136 Å². The fourth-order valence-corrected chi connectivity index (χ4v) is 11.1. The van der Waals surface area contributed by atoms with E-state index in [1.54, 1.807) is 22.0 Å². The molecule has 3 heterocycles. The molecule has 0 fully saturated rings. The van der Waals surface area contributed by atoms with E-state index in [0.717, 1.165) is 5.54 Å². The van der Waals surface area contributed by atoms with Crippen LogP contribution in [0.3, 0.4) is 0 Å². The van der Waals surface area contributed by atoms with Crippen LogP contribution in [0.1, 0.15) is 40.5 Å². The Morgan fingerprint density at radius 3 is 2.05 bits per heavy atom. The van der Waals surface area contributed by atoms with Gasteiger partial charge in [-0.1, -0.05) is 90.4 Å². The largest absolute Gasteiger partial charge is 3.00 e. The maximum atomic E-state index is 2.52. The number of aromatic nitrogens is 1. The molecular formula is C34H34Cl2NSiZr. The Kier molecular flexibility index (Phi) is 9.56. The molecule has 5 heteroatoms. The van der Waals surface area contributed by atoms with Crippen molar-refractivity contribution in [2.45, 2.75) is 46.3 Å². The SMILES string of the molecule is CC1=C2c3cc(C)n(-c4ccccc4)c3C1[Si]2(C)C.Cc1ccc(-c2cccc3[cH-]c(C)cc23)cc1.[Cl-].[Cl-].[Zr+3]. The summed E-state index contributed by atoms with van der Waals surface area (Å²) >= 11 is 0. The van der Waals surface area contributed by atoms with Crippen LogP contribution >= 0.6 is 0 Å². The first-order valence-corrected chi connectivity index (χ1v) is 16.1. The van der Waals surface area contributed by atoms with Gasteiger partial charge in [0.15, 0.2) is 0 Å². The molecule has 1 aliphatic carbocycles. The molecule has 1 radical (unpaired) electrons. The minimum Gasteiger partial charge on any atom is -1.00 e. The average Bonchev–Trinajstić information content (AvgIpc) is 3.53. The zero-order chi connectivity index (χ0) is 25.2. The third-order valence-electron chi connectivity index (χ3n) is 8.23. The van der Waals surface area contributed by atoms with Gasteiger partial charge in [0.1, 0.15) is 0 Å². The van der Waals surface area contributed by atoms with Gasteiger partial charge in [0.05, 0.1) is 8.07 Å². The van der Waals surface area contributed by atoms with Crippen LogP contribution in [0.2, 0.25) is 13.1 Å². The van der Waals surface area contributed by atoms with Gasteiger partial charge in [0.2, 0.25) is 0 Å². The van der Waals surface area contributed by atoms with Crippen LogP contribution in [0.15, 0.2) is 96.6 Å². The summed E-state index contributed by atoms with van der Waals surface area (Å²) < 4.78 is 2.48. The van der Waals surface area contributed by atoms with Crippen molar-refractivity contribution in [2.24, 2.45) is 0 Å². The minimum absolute atomic E-state index is 0. The molecule has 2 bridgehead atoms. The van der Waals surface area contributed by atoms with E-state index in [4.69, 9.17) is 0 Å². The van der Waals surface area contributed by atoms with Crippen molar-refractivity contribution in [3.63, 3.8) is 0 Å². The van der Waals surface area contributed by atoms with Crippen molar-refractivity contribution in [3.8, 4) is 16.8 Å². The molecule has 4 aromatic carbocycles. The van der Waals surface area contributed by atoms with Crippen LogP contribution in [0.25, 0.3) is 32.8 Å². The molecule has 1 atom stereocenters. The standard InChI is InChI=1S/C17H19NSi.C17H15.2ClH.Zr/c1-11-10-14-15(17-12(2)16(14)19(17,3)4)18(11)13-8-6-5-7-9-13;1-12-6-8-14(9-7-12)16-5-3-4-15-10-13(2)11-17(15)16;;;/h5-10,17H,1-4H3;3-11H,1-2H3;2*1H;/q;-1;;;+3/p-2. The molecule has 0 saturated carbocycles. The van der Waals surface area contributed by atoms with E-state index in [1.807, 2.05) is 0 Å². The first-order valence-electron chi connectivity index (χ1n) is 13.0. The number of hydrogen-bond donors (Lipinski definition) is 0. The van der Waals surface area contributed by atoms with Crippen molar-refractivity contribution in [1.29, 1.82) is 0 Å². The number of fused-ring (bicyclic) bond motifs is 1. The summed E-state index contributed by atoms with van der Waals surface area (Å²) in [6.45, 7) is 13.9. The topological polar surface area (TPSA) is 4.93 Å². The molecular weight excluding hydrogens is 613 g/mol. The number of para-hydroxylation sites is 1. The molecule has 0 N–H and O–H groups in total. The minimum atomic E-state index is -1.19. The molecule has 1 aromatic heterocycles. The molecule has 3 aliphatic rings. The van der Waals surface area contributed by atoms with Gasteiger partial charge in [0.25, 0.3) is 0 Å². The third kappa shape index (κ3) is 5.13. The van der Waals surface area contributed by atoms with Crippen LogP contribution in [-0.4, -0.2) is 12.6 Å². The summed E-state index contributed by atoms with van der Waals surface area (Å²) in [5.41, 5.74) is 13.5. The number of rotatable bonds is 2. The van der Waals surface area contributed by atoms with E-state index < -0.39 is 8.07 Å². The molecule has 1 nitrogen and oxygen atoms in total. The van der Waals surface area contributed by atoms with Gasteiger partial charge >= 0.3 is 26.2 Å². The van der Waals surface area contributed by atoms with Crippen molar-refractivity contribution in [1.82, 2.24) is 4.57 Å². The molecule has 0 saturated heterocycles. The summed E-state index contributed by atoms with van der Waals surface area (Å²) in [5.74, 6) is 0. The summed E-state index contributed by atoms with van der Waals surface area (Å²) in [5, 5.41) is 4.42. The molecule has 0 spiro atoms. The molecule has 197 valence electrons. The number of allylic oxidation sites excluding steroid dienone is 1. The van der Waals surface area contributed by atoms with Gasteiger partial charge in [-0.3, -0.25) is 0 Å². The Hall–Kier alpha value is -2.03. The quantitative estimate of drug-likeness (QED) is 0.205. The smallest absolute Gasteiger partial charge is 1.00 e. The number of hydrogen-bond acceptors (Lipinski definition) is 0. The monoisotopic (exact) mass is 644 g/mol. The van der Waals surface area contributed by atoms with Crippen molar-refractivity contribution in [2.75, 3.05) is 0 Å². The normalized spacial score (nSPS) is 15.7. The van der Waals surface area contributed by atoms with Gasteiger partial charge in [-0.15, -0.1) is 34.5 Å². The second-order valence-corrected chi connectivity index (χ2v) is 15.7. The van der Waals surface area contributed by atoms with Crippen LogP contribution < -0.4 is 24.8 Å². The van der Waals surface area contributed by atoms with E-state index in [-0.39, 0.29) is 51.0 Å². The summed E-state index contributed by atoms with van der Waals surface area (Å²) in [7, 11) is -1.19. The van der Waals surface area contributed by atoms with E-state index in [0.29, 0.717) is 0 Å². The Balaban J connectivity index is 0.000000201. The first kappa shape index (κ1) is 31.5. The third-order valence-corrected chi connectivity index (χ3v) is 12.3. The second-order valence-electron chi connectivity index (χ2n) is 11.2. The van der Waals surface area contributed by atoms with Crippen LogP contribution in [0.4, 0.5) is 0 Å². The maximum Gasteiger partial charge on any atom is 3.00 e. The van der Waals surface area contributed by atoms with Crippen molar-refractivity contribution < 1.29 is 51.0 Å². The van der Waals surface area contributed by atoms with Gasteiger partial charge in [-0.2, -0.15) is 6.07 Å².